The summed E-state index contributed by atoms with van der Waals surface area (Å²) in [4.78, 5) is 14.1. The van der Waals surface area contributed by atoms with Gasteiger partial charge in [-0.15, -0.1) is 0 Å². The number of hydrogen-bond donors (Lipinski definition) is 1. The fourth-order valence-corrected chi connectivity index (χ4v) is 4.40. The van der Waals surface area contributed by atoms with E-state index in [4.69, 9.17) is 0 Å². The molecule has 2 rings (SSSR count). The summed E-state index contributed by atoms with van der Waals surface area (Å²) in [7, 11) is -1.65. The smallest absolute Gasteiger partial charge is 0.241 e. The van der Waals surface area contributed by atoms with Gasteiger partial charge in [0.1, 0.15) is 6.04 Å². The molecule has 8 heteroatoms. The average Bonchev–Trinajstić information content (AvgIpc) is 3.08. The number of hydrogen-bond acceptors (Lipinski definition) is 4. The number of carbonyl (C=O) groups is 1. The third kappa shape index (κ3) is 3.62. The van der Waals surface area contributed by atoms with Crippen LogP contribution in [0.2, 0.25) is 0 Å². The lowest BCUT2D eigenvalue weighted by molar-refractivity contribution is -0.133. The second-order valence-corrected chi connectivity index (χ2v) is 7.40. The SMILES string of the molecule is CCCS(=O)(=O)N1CCCC1C(=O)N(C)Cc1ccn[nH]1. The van der Waals surface area contributed by atoms with Crippen molar-refractivity contribution in [3.63, 3.8) is 0 Å². The van der Waals surface area contributed by atoms with Gasteiger partial charge in [-0.3, -0.25) is 9.89 Å². The molecule has 0 aliphatic carbocycles. The van der Waals surface area contributed by atoms with Crippen LogP contribution in [0.5, 0.6) is 0 Å². The number of amides is 1. The summed E-state index contributed by atoms with van der Waals surface area (Å²) < 4.78 is 25.8. The van der Waals surface area contributed by atoms with Crippen molar-refractivity contribution in [2.75, 3.05) is 19.3 Å². The number of likely N-dealkylation sites (N-methyl/N-ethyl adjacent to an activating group) is 1. The van der Waals surface area contributed by atoms with Crippen molar-refractivity contribution < 1.29 is 13.2 Å². The zero-order valence-corrected chi connectivity index (χ0v) is 13.3. The Morgan fingerprint density at radius 1 is 1.57 bits per heavy atom. The maximum Gasteiger partial charge on any atom is 0.241 e. The first kappa shape index (κ1) is 16.0. The Kier molecular flexibility index (Phi) is 5.00. The predicted octanol–water partition coefficient (Wildman–Crippen LogP) is 0.572. The van der Waals surface area contributed by atoms with Crippen LogP contribution in [0.25, 0.3) is 0 Å². The molecule has 1 saturated heterocycles. The first-order valence-electron chi connectivity index (χ1n) is 7.18. The summed E-state index contributed by atoms with van der Waals surface area (Å²) in [6.07, 6.45) is 3.51. The van der Waals surface area contributed by atoms with Crippen LogP contribution in [0.3, 0.4) is 0 Å². The molecule has 0 bridgehead atoms. The molecule has 1 unspecified atom stereocenters. The fraction of sp³-hybridized carbons (Fsp3) is 0.692. The normalized spacial score (nSPS) is 19.8. The van der Waals surface area contributed by atoms with Gasteiger partial charge in [0.15, 0.2) is 0 Å². The first-order chi connectivity index (χ1) is 9.95. The molecule has 1 atom stereocenters. The van der Waals surface area contributed by atoms with Gasteiger partial charge in [-0.05, 0) is 25.3 Å². The molecule has 1 fully saturated rings. The van der Waals surface area contributed by atoms with Gasteiger partial charge in [0.25, 0.3) is 0 Å². The second-order valence-electron chi connectivity index (χ2n) is 5.36. The van der Waals surface area contributed by atoms with Gasteiger partial charge < -0.3 is 4.90 Å². The van der Waals surface area contributed by atoms with Crippen molar-refractivity contribution in [1.29, 1.82) is 0 Å². The lowest BCUT2D eigenvalue weighted by Crippen LogP contribution is -2.46. The summed E-state index contributed by atoms with van der Waals surface area (Å²) in [6, 6.07) is 1.23. The molecule has 0 aromatic carbocycles. The third-order valence-corrected chi connectivity index (χ3v) is 5.73. The Hall–Kier alpha value is -1.41. The molecular weight excluding hydrogens is 292 g/mol. The maximum absolute atomic E-state index is 12.5. The minimum Gasteiger partial charge on any atom is -0.338 e. The average molecular weight is 314 g/mol. The number of nitrogens with one attached hydrogen (secondary N) is 1. The quantitative estimate of drug-likeness (QED) is 0.832. The summed E-state index contributed by atoms with van der Waals surface area (Å²) in [5.74, 6) is -0.0529. The topological polar surface area (TPSA) is 86.4 Å². The van der Waals surface area contributed by atoms with E-state index in [1.807, 2.05) is 6.92 Å². The summed E-state index contributed by atoms with van der Waals surface area (Å²) in [6.45, 7) is 2.67. The number of aromatic nitrogens is 2. The van der Waals surface area contributed by atoms with E-state index in [1.165, 1.54) is 4.31 Å². The Balaban J connectivity index is 2.07. The van der Waals surface area contributed by atoms with Crippen LogP contribution >= 0.6 is 0 Å². The number of sulfonamides is 1. The molecule has 7 nitrogen and oxygen atoms in total. The number of rotatable bonds is 6. The number of carbonyl (C=O) groups excluding carboxylic acids is 1. The molecule has 0 saturated carbocycles. The van der Waals surface area contributed by atoms with Gasteiger partial charge in [0.2, 0.25) is 15.9 Å². The van der Waals surface area contributed by atoms with Crippen LogP contribution in [0, 0.1) is 0 Å². The van der Waals surface area contributed by atoms with Gasteiger partial charge in [-0.1, -0.05) is 6.92 Å². The Morgan fingerprint density at radius 2 is 2.33 bits per heavy atom. The minimum atomic E-state index is -3.33. The zero-order chi connectivity index (χ0) is 15.5. The van der Waals surface area contributed by atoms with E-state index >= 15 is 0 Å². The summed E-state index contributed by atoms with van der Waals surface area (Å²) >= 11 is 0. The van der Waals surface area contributed by atoms with Gasteiger partial charge in [0.05, 0.1) is 18.0 Å². The second kappa shape index (κ2) is 6.57. The largest absolute Gasteiger partial charge is 0.338 e. The van der Waals surface area contributed by atoms with Gasteiger partial charge in [-0.25, -0.2) is 8.42 Å². The van der Waals surface area contributed by atoms with Crippen molar-refractivity contribution in [2.24, 2.45) is 0 Å². The molecule has 1 N–H and O–H groups in total. The zero-order valence-electron chi connectivity index (χ0n) is 12.4. The highest BCUT2D eigenvalue weighted by atomic mass is 32.2. The van der Waals surface area contributed by atoms with Gasteiger partial charge in [0, 0.05) is 19.8 Å². The molecule has 1 amide bonds. The molecule has 1 aliphatic heterocycles. The summed E-state index contributed by atoms with van der Waals surface area (Å²) in [5, 5.41) is 6.64. The molecule has 0 spiro atoms. The molecule has 118 valence electrons. The Bertz CT molecular complexity index is 570. The molecule has 1 aliphatic rings. The highest BCUT2D eigenvalue weighted by Crippen LogP contribution is 2.23. The fourth-order valence-electron chi connectivity index (χ4n) is 2.66. The lowest BCUT2D eigenvalue weighted by Gasteiger charge is -2.27. The molecule has 1 aromatic heterocycles. The van der Waals surface area contributed by atoms with E-state index in [-0.39, 0.29) is 11.7 Å². The number of H-pyrrole nitrogens is 1. The van der Waals surface area contributed by atoms with Crippen molar-refractivity contribution in [3.05, 3.63) is 18.0 Å². The van der Waals surface area contributed by atoms with E-state index in [2.05, 4.69) is 10.2 Å². The highest BCUT2D eigenvalue weighted by Gasteiger charge is 2.39. The third-order valence-electron chi connectivity index (χ3n) is 3.65. The molecule has 1 aromatic rings. The van der Waals surface area contributed by atoms with Crippen LogP contribution < -0.4 is 0 Å². The first-order valence-corrected chi connectivity index (χ1v) is 8.79. The lowest BCUT2D eigenvalue weighted by atomic mass is 10.2. The van der Waals surface area contributed by atoms with Crippen LogP contribution in [0.1, 0.15) is 31.9 Å². The molecular formula is C13H22N4O3S. The van der Waals surface area contributed by atoms with Crippen LogP contribution in [0.4, 0.5) is 0 Å². The van der Waals surface area contributed by atoms with E-state index in [9.17, 15) is 13.2 Å². The van der Waals surface area contributed by atoms with Crippen LogP contribution in [-0.4, -0.2) is 59.1 Å². The highest BCUT2D eigenvalue weighted by molar-refractivity contribution is 7.89. The Morgan fingerprint density at radius 3 is 2.95 bits per heavy atom. The van der Waals surface area contributed by atoms with Crippen molar-refractivity contribution in [1.82, 2.24) is 19.4 Å². The maximum atomic E-state index is 12.5. The van der Waals surface area contributed by atoms with E-state index in [1.54, 1.807) is 24.2 Å². The molecule has 21 heavy (non-hydrogen) atoms. The number of aromatic amines is 1. The van der Waals surface area contributed by atoms with Crippen molar-refractivity contribution in [3.8, 4) is 0 Å². The monoisotopic (exact) mass is 314 g/mol. The van der Waals surface area contributed by atoms with Gasteiger partial charge in [-0.2, -0.15) is 9.40 Å². The van der Waals surface area contributed by atoms with Crippen molar-refractivity contribution >= 4 is 15.9 Å². The Labute approximate surface area is 125 Å². The number of nitrogens with zero attached hydrogens (tertiary/aromatic N) is 3. The molecule has 0 radical (unpaired) electrons. The van der Waals surface area contributed by atoms with Crippen LogP contribution in [0.15, 0.2) is 12.3 Å². The van der Waals surface area contributed by atoms with E-state index < -0.39 is 16.1 Å². The molecule has 2 heterocycles. The predicted molar refractivity (Wildman–Crippen MR) is 78.9 cm³/mol. The van der Waals surface area contributed by atoms with E-state index in [0.717, 1.165) is 12.1 Å². The van der Waals surface area contributed by atoms with Gasteiger partial charge >= 0.3 is 0 Å². The van der Waals surface area contributed by atoms with Crippen LogP contribution in [-0.2, 0) is 21.4 Å². The van der Waals surface area contributed by atoms with E-state index in [0.29, 0.717) is 25.9 Å². The standard InChI is InChI=1S/C13H22N4O3S/c1-3-9-21(19,20)17-8-4-5-12(17)13(18)16(2)10-11-6-7-14-15-11/h6-7,12H,3-5,8-10H2,1-2H3,(H,14,15). The summed E-state index contributed by atoms with van der Waals surface area (Å²) in [5.41, 5.74) is 0.826. The van der Waals surface area contributed by atoms with Crippen molar-refractivity contribution in [2.45, 2.75) is 38.8 Å². The minimum absolute atomic E-state index is 0.0983.